The van der Waals surface area contributed by atoms with Crippen LogP contribution >= 0.6 is 0 Å². The highest BCUT2D eigenvalue weighted by Crippen LogP contribution is 2.04. The molecule has 2 amide bonds. The van der Waals surface area contributed by atoms with Crippen molar-refractivity contribution in [2.75, 3.05) is 33.5 Å². The minimum absolute atomic E-state index is 0.0956. The van der Waals surface area contributed by atoms with Crippen molar-refractivity contribution in [3.05, 3.63) is 0 Å². The van der Waals surface area contributed by atoms with Gasteiger partial charge in [0.15, 0.2) is 0 Å². The summed E-state index contributed by atoms with van der Waals surface area (Å²) in [4.78, 5) is 34.1. The van der Waals surface area contributed by atoms with Crippen LogP contribution in [0.3, 0.4) is 0 Å². The monoisotopic (exact) mass is 318 g/mol. The van der Waals surface area contributed by atoms with Gasteiger partial charge in [0.2, 0.25) is 5.91 Å². The van der Waals surface area contributed by atoms with Gasteiger partial charge in [-0.2, -0.15) is 0 Å². The molecule has 0 radical (unpaired) electrons. The molecule has 2 N–H and O–H groups in total. The van der Waals surface area contributed by atoms with E-state index in [9.17, 15) is 14.4 Å². The summed E-state index contributed by atoms with van der Waals surface area (Å²) in [5.74, 6) is -0.590. The van der Waals surface area contributed by atoms with Crippen LogP contribution in [0.25, 0.3) is 0 Å². The first-order chi connectivity index (χ1) is 10.5. The van der Waals surface area contributed by atoms with Crippen molar-refractivity contribution in [3.63, 3.8) is 0 Å². The quantitative estimate of drug-likeness (QED) is 0.427. The summed E-state index contributed by atoms with van der Waals surface area (Å²) in [6, 6.07) is -0.757. The van der Waals surface area contributed by atoms with E-state index in [-0.39, 0.29) is 25.7 Å². The van der Waals surface area contributed by atoms with E-state index in [4.69, 9.17) is 14.2 Å². The number of esters is 1. The zero-order valence-corrected chi connectivity index (χ0v) is 13.5. The van der Waals surface area contributed by atoms with Crippen molar-refractivity contribution < 1.29 is 28.6 Å². The summed E-state index contributed by atoms with van der Waals surface area (Å²) in [6.07, 6.45) is 1.09. The first-order valence-corrected chi connectivity index (χ1v) is 7.34. The standard InChI is InChI=1S/C14H26N2O6/c1-4-21-13(18)12(7-5-6-8-15-11(2)17)16-14(19)22-10-9-20-3/h12H,4-10H2,1-3H3,(H,15,17)(H,16,19). The van der Waals surface area contributed by atoms with Gasteiger partial charge in [-0.25, -0.2) is 9.59 Å². The summed E-state index contributed by atoms with van der Waals surface area (Å²) < 4.78 is 14.5. The molecule has 0 spiro atoms. The molecule has 0 fully saturated rings. The van der Waals surface area contributed by atoms with Crippen molar-refractivity contribution in [3.8, 4) is 0 Å². The Hall–Kier alpha value is -1.83. The molecular weight excluding hydrogens is 292 g/mol. The van der Waals surface area contributed by atoms with Gasteiger partial charge in [0.05, 0.1) is 13.2 Å². The van der Waals surface area contributed by atoms with Crippen LogP contribution in [0.5, 0.6) is 0 Å². The lowest BCUT2D eigenvalue weighted by Crippen LogP contribution is -2.42. The molecule has 0 aliphatic carbocycles. The van der Waals surface area contributed by atoms with E-state index in [2.05, 4.69) is 10.6 Å². The number of carbonyl (C=O) groups excluding carboxylic acids is 3. The largest absolute Gasteiger partial charge is 0.464 e. The predicted molar refractivity (Wildman–Crippen MR) is 79.3 cm³/mol. The minimum Gasteiger partial charge on any atom is -0.464 e. The molecule has 1 atom stereocenters. The Bertz CT molecular complexity index is 348. The zero-order valence-electron chi connectivity index (χ0n) is 13.5. The molecule has 0 saturated heterocycles. The lowest BCUT2D eigenvalue weighted by atomic mass is 10.1. The van der Waals surface area contributed by atoms with Gasteiger partial charge in [-0.1, -0.05) is 0 Å². The first kappa shape index (κ1) is 20.2. The van der Waals surface area contributed by atoms with Crippen LogP contribution in [0.2, 0.25) is 0 Å². The summed E-state index contributed by atoms with van der Waals surface area (Å²) in [7, 11) is 1.50. The van der Waals surface area contributed by atoms with Crippen molar-refractivity contribution in [1.82, 2.24) is 10.6 Å². The maximum atomic E-state index is 11.8. The molecule has 8 heteroatoms. The van der Waals surface area contributed by atoms with Crippen LogP contribution in [0.4, 0.5) is 4.79 Å². The maximum Gasteiger partial charge on any atom is 0.407 e. The molecule has 0 rings (SSSR count). The number of hydrogen-bond donors (Lipinski definition) is 2. The highest BCUT2D eigenvalue weighted by molar-refractivity contribution is 5.81. The van der Waals surface area contributed by atoms with E-state index in [1.165, 1.54) is 14.0 Å². The van der Waals surface area contributed by atoms with Gasteiger partial charge in [-0.05, 0) is 26.2 Å². The Morgan fingerprint density at radius 3 is 2.41 bits per heavy atom. The van der Waals surface area contributed by atoms with Crippen LogP contribution in [-0.4, -0.2) is 57.5 Å². The third-order valence-corrected chi connectivity index (χ3v) is 2.68. The van der Waals surface area contributed by atoms with Crippen LogP contribution in [-0.2, 0) is 23.8 Å². The number of alkyl carbamates (subject to hydrolysis) is 1. The molecular formula is C14H26N2O6. The second-order valence-electron chi connectivity index (χ2n) is 4.56. The normalized spacial score (nSPS) is 11.4. The average molecular weight is 318 g/mol. The molecule has 8 nitrogen and oxygen atoms in total. The summed E-state index contributed by atoms with van der Waals surface area (Å²) in [6.45, 7) is 4.31. The van der Waals surface area contributed by atoms with Gasteiger partial charge in [0.1, 0.15) is 12.6 Å². The average Bonchev–Trinajstić information content (AvgIpc) is 2.45. The third-order valence-electron chi connectivity index (χ3n) is 2.68. The number of ether oxygens (including phenoxy) is 3. The Kier molecular flexibility index (Phi) is 11.8. The van der Waals surface area contributed by atoms with Gasteiger partial charge in [-0.15, -0.1) is 0 Å². The number of carbonyl (C=O) groups is 3. The fourth-order valence-corrected chi connectivity index (χ4v) is 1.63. The number of hydrogen-bond acceptors (Lipinski definition) is 6. The zero-order chi connectivity index (χ0) is 16.8. The van der Waals surface area contributed by atoms with E-state index in [0.29, 0.717) is 25.8 Å². The highest BCUT2D eigenvalue weighted by atomic mass is 16.6. The van der Waals surface area contributed by atoms with E-state index < -0.39 is 18.1 Å². The molecule has 0 saturated carbocycles. The van der Waals surface area contributed by atoms with Crippen LogP contribution < -0.4 is 10.6 Å². The van der Waals surface area contributed by atoms with Gasteiger partial charge < -0.3 is 24.8 Å². The molecule has 1 unspecified atom stereocenters. The number of methoxy groups -OCH3 is 1. The number of nitrogens with one attached hydrogen (secondary N) is 2. The molecule has 0 bridgehead atoms. The number of rotatable bonds is 11. The predicted octanol–water partition coefficient (Wildman–Crippen LogP) is 0.597. The van der Waals surface area contributed by atoms with E-state index in [0.717, 1.165) is 0 Å². The molecule has 0 aromatic carbocycles. The molecule has 128 valence electrons. The van der Waals surface area contributed by atoms with E-state index in [1.54, 1.807) is 6.92 Å². The Morgan fingerprint density at radius 2 is 1.82 bits per heavy atom. The minimum atomic E-state index is -0.757. The Labute approximate surface area is 130 Å². The Morgan fingerprint density at radius 1 is 1.09 bits per heavy atom. The van der Waals surface area contributed by atoms with Crippen molar-refractivity contribution in [2.24, 2.45) is 0 Å². The van der Waals surface area contributed by atoms with Crippen molar-refractivity contribution in [1.29, 1.82) is 0 Å². The molecule has 0 aromatic heterocycles. The van der Waals surface area contributed by atoms with Crippen molar-refractivity contribution >= 4 is 18.0 Å². The third kappa shape index (κ3) is 10.9. The smallest absolute Gasteiger partial charge is 0.407 e. The lowest BCUT2D eigenvalue weighted by Gasteiger charge is -2.17. The molecule has 0 heterocycles. The van der Waals surface area contributed by atoms with Gasteiger partial charge in [0.25, 0.3) is 0 Å². The van der Waals surface area contributed by atoms with E-state index >= 15 is 0 Å². The van der Waals surface area contributed by atoms with Crippen molar-refractivity contribution in [2.45, 2.75) is 39.2 Å². The SMILES string of the molecule is CCOC(=O)C(CCCCNC(C)=O)NC(=O)OCCOC. The summed E-state index contributed by atoms with van der Waals surface area (Å²) in [5.41, 5.74) is 0. The second-order valence-corrected chi connectivity index (χ2v) is 4.56. The number of unbranched alkanes of at least 4 members (excludes halogenated alkanes) is 1. The molecule has 0 aromatic rings. The fraction of sp³-hybridized carbons (Fsp3) is 0.786. The van der Waals surface area contributed by atoms with Gasteiger partial charge >= 0.3 is 12.1 Å². The first-order valence-electron chi connectivity index (χ1n) is 7.34. The van der Waals surface area contributed by atoms with Crippen LogP contribution in [0, 0.1) is 0 Å². The van der Waals surface area contributed by atoms with Gasteiger partial charge in [-0.3, -0.25) is 4.79 Å². The topological polar surface area (TPSA) is 103 Å². The molecule has 0 aliphatic heterocycles. The van der Waals surface area contributed by atoms with Crippen LogP contribution in [0.1, 0.15) is 33.1 Å². The van der Waals surface area contributed by atoms with Gasteiger partial charge in [0, 0.05) is 20.6 Å². The second kappa shape index (κ2) is 12.9. The molecule has 22 heavy (non-hydrogen) atoms. The Balaban J connectivity index is 4.17. The molecule has 0 aliphatic rings. The van der Waals surface area contributed by atoms with Crippen LogP contribution in [0.15, 0.2) is 0 Å². The lowest BCUT2D eigenvalue weighted by molar-refractivity contribution is -0.145. The van der Waals surface area contributed by atoms with E-state index in [1.807, 2.05) is 0 Å². The summed E-state index contributed by atoms with van der Waals surface area (Å²) in [5, 5.41) is 5.15. The highest BCUT2D eigenvalue weighted by Gasteiger charge is 2.22. The fourth-order valence-electron chi connectivity index (χ4n) is 1.63. The summed E-state index contributed by atoms with van der Waals surface area (Å²) >= 11 is 0. The maximum absolute atomic E-state index is 11.8. The number of amides is 2.